The molecule has 2 N–H and O–H groups in total. The largest absolute Gasteiger partial charge is 0.497 e. The topological polar surface area (TPSA) is 84.7 Å². The van der Waals surface area contributed by atoms with Gasteiger partial charge in [-0.1, -0.05) is 31.5 Å². The first-order valence-corrected chi connectivity index (χ1v) is 9.30. The second kappa shape index (κ2) is 9.03. The summed E-state index contributed by atoms with van der Waals surface area (Å²) in [6.45, 7) is 2.99. The maximum absolute atomic E-state index is 12.7. The molecule has 0 spiro atoms. The minimum atomic E-state index is -0.327. The molecule has 28 heavy (non-hydrogen) atoms. The number of nitrogens with zero attached hydrogens (tertiary/aromatic N) is 2. The predicted octanol–water partition coefficient (Wildman–Crippen LogP) is 2.80. The van der Waals surface area contributed by atoms with Crippen molar-refractivity contribution in [1.29, 1.82) is 0 Å². The highest BCUT2D eigenvalue weighted by Gasteiger charge is 2.21. The lowest BCUT2D eigenvalue weighted by molar-refractivity contribution is 0.0942. The van der Waals surface area contributed by atoms with Crippen LogP contribution in [-0.4, -0.2) is 34.9 Å². The molecule has 3 rings (SSSR count). The Morgan fingerprint density at radius 2 is 1.86 bits per heavy atom. The normalized spacial score (nSPS) is 10.6. The molecule has 0 radical (unpaired) electrons. The van der Waals surface area contributed by atoms with Crippen molar-refractivity contribution in [3.05, 3.63) is 65.7 Å². The van der Waals surface area contributed by atoms with Gasteiger partial charge in [-0.25, -0.2) is 4.98 Å². The monoisotopic (exact) mass is 380 g/mol. The standard InChI is InChI=1S/C21H24N4O3/c1-3-4-12-22-21(27)19-24-18(17-7-5-6-13-25(17)19)20(26)23-14-15-8-10-16(28-2)11-9-15/h5-11,13H,3-4,12,14H2,1-2H3,(H,22,27)(H,23,26). The molecule has 7 heteroatoms. The van der Waals surface area contributed by atoms with Gasteiger partial charge >= 0.3 is 0 Å². The molecule has 0 aliphatic rings. The molecule has 0 fully saturated rings. The number of fused-ring (bicyclic) bond motifs is 1. The van der Waals surface area contributed by atoms with E-state index in [1.807, 2.05) is 30.3 Å². The Bertz CT molecular complexity index is 963. The first-order valence-electron chi connectivity index (χ1n) is 9.30. The van der Waals surface area contributed by atoms with E-state index in [4.69, 9.17) is 4.74 Å². The Labute approximate surface area is 163 Å². The number of imidazole rings is 1. The molecule has 0 saturated heterocycles. The number of ether oxygens (including phenoxy) is 1. The quantitative estimate of drug-likeness (QED) is 0.589. The molecular formula is C21H24N4O3. The molecule has 0 unspecified atom stereocenters. The number of hydrogen-bond donors (Lipinski definition) is 2. The number of rotatable bonds is 8. The number of benzene rings is 1. The molecule has 2 amide bonds. The zero-order chi connectivity index (χ0) is 19.9. The zero-order valence-electron chi connectivity index (χ0n) is 16.1. The Hall–Kier alpha value is -3.35. The average Bonchev–Trinajstić information content (AvgIpc) is 3.12. The number of hydrogen-bond acceptors (Lipinski definition) is 4. The van der Waals surface area contributed by atoms with Gasteiger partial charge in [-0.05, 0) is 36.2 Å². The molecule has 2 aromatic heterocycles. The molecule has 0 saturated carbocycles. The fraction of sp³-hybridized carbons (Fsp3) is 0.286. The molecule has 2 heterocycles. The van der Waals surface area contributed by atoms with Crippen molar-refractivity contribution in [2.75, 3.05) is 13.7 Å². The number of amides is 2. The summed E-state index contributed by atoms with van der Waals surface area (Å²) < 4.78 is 6.78. The molecule has 0 aliphatic heterocycles. The fourth-order valence-corrected chi connectivity index (χ4v) is 2.83. The summed E-state index contributed by atoms with van der Waals surface area (Å²) in [4.78, 5) is 29.5. The summed E-state index contributed by atoms with van der Waals surface area (Å²) in [5.74, 6) is 0.353. The van der Waals surface area contributed by atoms with Gasteiger partial charge in [-0.3, -0.25) is 14.0 Å². The summed E-state index contributed by atoms with van der Waals surface area (Å²) in [5, 5.41) is 5.71. The van der Waals surface area contributed by atoms with Crippen LogP contribution < -0.4 is 15.4 Å². The number of unbranched alkanes of at least 4 members (excludes halogenated alkanes) is 1. The minimum Gasteiger partial charge on any atom is -0.497 e. The van der Waals surface area contributed by atoms with Crippen molar-refractivity contribution in [3.63, 3.8) is 0 Å². The third kappa shape index (κ3) is 4.31. The van der Waals surface area contributed by atoms with Crippen LogP contribution in [0.2, 0.25) is 0 Å². The Balaban J connectivity index is 1.77. The lowest BCUT2D eigenvalue weighted by Crippen LogP contribution is -2.27. The lowest BCUT2D eigenvalue weighted by Gasteiger charge is -2.05. The van der Waals surface area contributed by atoms with Gasteiger partial charge in [0, 0.05) is 19.3 Å². The van der Waals surface area contributed by atoms with E-state index in [2.05, 4.69) is 22.5 Å². The first-order chi connectivity index (χ1) is 13.6. The van der Waals surface area contributed by atoms with Gasteiger partial charge in [0.2, 0.25) is 5.82 Å². The summed E-state index contributed by atoms with van der Waals surface area (Å²) in [6.07, 6.45) is 3.61. The van der Waals surface area contributed by atoms with Crippen LogP contribution in [0.15, 0.2) is 48.7 Å². The van der Waals surface area contributed by atoms with Crippen LogP contribution in [0.1, 0.15) is 46.4 Å². The van der Waals surface area contributed by atoms with Crippen molar-refractivity contribution < 1.29 is 14.3 Å². The van der Waals surface area contributed by atoms with Crippen molar-refractivity contribution in [2.45, 2.75) is 26.3 Å². The highest BCUT2D eigenvalue weighted by Crippen LogP contribution is 2.15. The number of nitrogens with one attached hydrogen (secondary N) is 2. The van der Waals surface area contributed by atoms with Crippen molar-refractivity contribution in [1.82, 2.24) is 20.0 Å². The Kier molecular flexibility index (Phi) is 6.26. The van der Waals surface area contributed by atoms with Gasteiger partial charge in [0.25, 0.3) is 11.8 Å². The third-order valence-corrected chi connectivity index (χ3v) is 4.39. The van der Waals surface area contributed by atoms with Gasteiger partial charge < -0.3 is 15.4 Å². The number of carbonyl (C=O) groups excluding carboxylic acids is 2. The number of methoxy groups -OCH3 is 1. The number of aromatic nitrogens is 2. The second-order valence-corrected chi connectivity index (χ2v) is 6.38. The molecule has 0 atom stereocenters. The highest BCUT2D eigenvalue weighted by atomic mass is 16.5. The summed E-state index contributed by atoms with van der Waals surface area (Å²) in [5.41, 5.74) is 1.76. The summed E-state index contributed by atoms with van der Waals surface area (Å²) in [7, 11) is 1.61. The molecule has 0 aliphatic carbocycles. The lowest BCUT2D eigenvalue weighted by atomic mass is 10.2. The zero-order valence-corrected chi connectivity index (χ0v) is 16.1. The molecule has 0 bridgehead atoms. The SMILES string of the molecule is CCCCNC(=O)c1nc(C(=O)NCc2ccc(OC)cc2)c2ccccn12. The van der Waals surface area contributed by atoms with E-state index in [0.717, 1.165) is 24.2 Å². The Morgan fingerprint density at radius 3 is 2.57 bits per heavy atom. The Morgan fingerprint density at radius 1 is 1.07 bits per heavy atom. The van der Waals surface area contributed by atoms with E-state index < -0.39 is 0 Å². The molecule has 3 aromatic rings. The van der Waals surface area contributed by atoms with Crippen LogP contribution in [0.25, 0.3) is 5.52 Å². The van der Waals surface area contributed by atoms with Crippen LogP contribution in [0.3, 0.4) is 0 Å². The number of pyridine rings is 1. The van der Waals surface area contributed by atoms with E-state index in [1.165, 1.54) is 0 Å². The maximum Gasteiger partial charge on any atom is 0.287 e. The van der Waals surface area contributed by atoms with Crippen molar-refractivity contribution in [2.24, 2.45) is 0 Å². The maximum atomic E-state index is 12.7. The van der Waals surface area contributed by atoms with E-state index in [0.29, 0.717) is 18.6 Å². The van der Waals surface area contributed by atoms with Gasteiger partial charge in [-0.2, -0.15) is 0 Å². The molecule has 146 valence electrons. The molecule has 1 aromatic carbocycles. The van der Waals surface area contributed by atoms with Crippen LogP contribution in [0.5, 0.6) is 5.75 Å². The summed E-state index contributed by atoms with van der Waals surface area (Å²) in [6, 6.07) is 12.8. The number of carbonyl (C=O) groups is 2. The van der Waals surface area contributed by atoms with Gasteiger partial charge in [0.05, 0.1) is 12.6 Å². The van der Waals surface area contributed by atoms with Gasteiger partial charge in [-0.15, -0.1) is 0 Å². The predicted molar refractivity (Wildman–Crippen MR) is 107 cm³/mol. The van der Waals surface area contributed by atoms with Gasteiger partial charge in [0.1, 0.15) is 5.75 Å². The average molecular weight is 380 g/mol. The smallest absolute Gasteiger partial charge is 0.287 e. The van der Waals surface area contributed by atoms with E-state index in [1.54, 1.807) is 29.8 Å². The molecular weight excluding hydrogens is 356 g/mol. The van der Waals surface area contributed by atoms with Crippen LogP contribution in [-0.2, 0) is 6.54 Å². The van der Waals surface area contributed by atoms with E-state index in [9.17, 15) is 9.59 Å². The van der Waals surface area contributed by atoms with Crippen LogP contribution in [0.4, 0.5) is 0 Å². The third-order valence-electron chi connectivity index (χ3n) is 4.39. The fourth-order valence-electron chi connectivity index (χ4n) is 2.83. The van der Waals surface area contributed by atoms with Gasteiger partial charge in [0.15, 0.2) is 5.69 Å². The van der Waals surface area contributed by atoms with E-state index in [-0.39, 0.29) is 23.3 Å². The van der Waals surface area contributed by atoms with Crippen LogP contribution in [0, 0.1) is 0 Å². The second-order valence-electron chi connectivity index (χ2n) is 6.38. The van der Waals surface area contributed by atoms with Crippen LogP contribution >= 0.6 is 0 Å². The highest BCUT2D eigenvalue weighted by molar-refractivity contribution is 6.02. The first kappa shape index (κ1) is 19.4. The van der Waals surface area contributed by atoms with E-state index >= 15 is 0 Å². The van der Waals surface area contributed by atoms with Crippen molar-refractivity contribution in [3.8, 4) is 5.75 Å². The summed E-state index contributed by atoms with van der Waals surface area (Å²) >= 11 is 0. The molecule has 7 nitrogen and oxygen atoms in total. The minimum absolute atomic E-state index is 0.210. The van der Waals surface area contributed by atoms with Crippen molar-refractivity contribution >= 4 is 17.3 Å².